The zero-order valence-corrected chi connectivity index (χ0v) is 15.6. The number of hydrogen-bond acceptors (Lipinski definition) is 4. The van der Waals surface area contributed by atoms with Crippen molar-refractivity contribution in [3.63, 3.8) is 0 Å². The molecule has 0 heterocycles. The number of hydrogen-bond donors (Lipinski definition) is 2. The Morgan fingerprint density at radius 2 is 1.54 bits per heavy atom. The average Bonchev–Trinajstić information content (AvgIpc) is 2.54. The molecule has 2 aromatic rings. The molecule has 7 nitrogen and oxygen atoms in total. The number of nitrogens with one attached hydrogen (secondary N) is 2. The first-order chi connectivity index (χ1) is 12.2. The van der Waals surface area contributed by atoms with Gasteiger partial charge in [0.1, 0.15) is 6.04 Å². The Labute approximate surface area is 153 Å². The molecule has 2 aromatic carbocycles. The molecule has 8 heteroatoms. The smallest absolute Gasteiger partial charge is 0.247 e. The van der Waals surface area contributed by atoms with Crippen molar-refractivity contribution < 1.29 is 18.0 Å². The lowest BCUT2D eigenvalue weighted by molar-refractivity contribution is -0.119. The summed E-state index contributed by atoms with van der Waals surface area (Å²) in [6, 6.07) is 14.3. The molecule has 0 spiro atoms. The van der Waals surface area contributed by atoms with Crippen LogP contribution in [0.2, 0.25) is 0 Å². The van der Waals surface area contributed by atoms with Gasteiger partial charge in [0.15, 0.2) is 0 Å². The van der Waals surface area contributed by atoms with Gasteiger partial charge >= 0.3 is 0 Å². The highest BCUT2D eigenvalue weighted by molar-refractivity contribution is 7.88. The highest BCUT2D eigenvalue weighted by atomic mass is 32.2. The zero-order chi connectivity index (χ0) is 19.3. The number of amides is 2. The Morgan fingerprint density at radius 3 is 2.08 bits per heavy atom. The van der Waals surface area contributed by atoms with Crippen molar-refractivity contribution in [2.45, 2.75) is 13.0 Å². The molecule has 0 aromatic heterocycles. The highest BCUT2D eigenvalue weighted by Gasteiger charge is 2.30. The fourth-order valence-corrected chi connectivity index (χ4v) is 3.04. The van der Waals surface area contributed by atoms with Gasteiger partial charge in [-0.15, -0.1) is 0 Å². The third kappa shape index (κ3) is 5.14. The average molecular weight is 375 g/mol. The first kappa shape index (κ1) is 19.6. The van der Waals surface area contributed by atoms with Crippen LogP contribution in [0.5, 0.6) is 0 Å². The van der Waals surface area contributed by atoms with Crippen LogP contribution in [-0.2, 0) is 19.6 Å². The number of benzene rings is 2. The third-order valence-electron chi connectivity index (χ3n) is 3.70. The number of carbonyl (C=O) groups excluding carboxylic acids is 2. The van der Waals surface area contributed by atoms with Gasteiger partial charge in [-0.3, -0.25) is 9.59 Å². The van der Waals surface area contributed by atoms with E-state index in [0.29, 0.717) is 16.9 Å². The molecule has 2 N–H and O–H groups in total. The van der Waals surface area contributed by atoms with Crippen LogP contribution in [0.4, 0.5) is 11.4 Å². The molecule has 2 amide bonds. The van der Waals surface area contributed by atoms with Crippen molar-refractivity contribution >= 4 is 33.2 Å². The third-order valence-corrected chi connectivity index (χ3v) is 4.96. The number of carbonyl (C=O) groups is 2. The second-order valence-electron chi connectivity index (χ2n) is 5.84. The van der Waals surface area contributed by atoms with Crippen molar-refractivity contribution in [2.75, 3.05) is 23.9 Å². The Balaban J connectivity index is 2.31. The van der Waals surface area contributed by atoms with Gasteiger partial charge in [-0.25, -0.2) is 8.42 Å². The molecular formula is C18H21N3O4S. The molecule has 138 valence electrons. The van der Waals surface area contributed by atoms with Crippen LogP contribution in [0.1, 0.15) is 18.5 Å². The van der Waals surface area contributed by atoms with Crippen LogP contribution in [0.15, 0.2) is 54.6 Å². The van der Waals surface area contributed by atoms with Crippen LogP contribution >= 0.6 is 0 Å². The topological polar surface area (TPSA) is 95.6 Å². The Kier molecular flexibility index (Phi) is 6.12. The van der Waals surface area contributed by atoms with Crippen LogP contribution in [0.3, 0.4) is 0 Å². The fourth-order valence-electron chi connectivity index (χ4n) is 2.44. The minimum absolute atomic E-state index is 0.229. The number of likely N-dealkylation sites (N-methyl/N-ethyl adjacent to an activating group) is 1. The van der Waals surface area contributed by atoms with Crippen LogP contribution < -0.4 is 10.6 Å². The minimum Gasteiger partial charge on any atom is -0.326 e. The van der Waals surface area contributed by atoms with Gasteiger partial charge in [0.2, 0.25) is 21.8 Å². The summed E-state index contributed by atoms with van der Waals surface area (Å²) in [7, 11) is -2.23. The molecule has 0 radical (unpaired) electrons. The second kappa shape index (κ2) is 8.11. The quantitative estimate of drug-likeness (QED) is 0.809. The summed E-state index contributed by atoms with van der Waals surface area (Å²) in [6.45, 7) is 1.39. The van der Waals surface area contributed by atoms with Gasteiger partial charge in [-0.2, -0.15) is 4.31 Å². The second-order valence-corrected chi connectivity index (χ2v) is 7.89. The molecule has 2 rings (SSSR count). The van der Waals surface area contributed by atoms with Gasteiger partial charge in [-0.05, 0) is 23.8 Å². The van der Waals surface area contributed by atoms with E-state index in [1.807, 2.05) is 0 Å². The van der Waals surface area contributed by atoms with Gasteiger partial charge in [-0.1, -0.05) is 36.4 Å². The van der Waals surface area contributed by atoms with E-state index in [4.69, 9.17) is 0 Å². The normalized spacial score (nSPS) is 12.5. The van der Waals surface area contributed by atoms with Gasteiger partial charge in [0.05, 0.1) is 6.26 Å². The minimum atomic E-state index is -3.60. The zero-order valence-electron chi connectivity index (χ0n) is 14.8. The van der Waals surface area contributed by atoms with Crippen molar-refractivity contribution in [3.05, 3.63) is 60.2 Å². The number of sulfonamides is 1. The van der Waals surface area contributed by atoms with E-state index in [2.05, 4.69) is 10.6 Å². The predicted molar refractivity (Wildman–Crippen MR) is 101 cm³/mol. The van der Waals surface area contributed by atoms with E-state index in [1.54, 1.807) is 54.6 Å². The Hall–Kier alpha value is -2.71. The number of nitrogens with zero attached hydrogens (tertiary/aromatic N) is 1. The fraction of sp³-hybridized carbons (Fsp3) is 0.222. The summed E-state index contributed by atoms with van der Waals surface area (Å²) in [5.41, 5.74) is 1.53. The lowest BCUT2D eigenvalue weighted by Gasteiger charge is -2.25. The molecule has 0 saturated carbocycles. The lowest BCUT2D eigenvalue weighted by atomic mass is 10.1. The van der Waals surface area contributed by atoms with E-state index in [9.17, 15) is 18.0 Å². The Morgan fingerprint density at radius 1 is 0.962 bits per heavy atom. The number of rotatable bonds is 6. The standard InChI is InChI=1S/C18H21N3O4S/c1-13(22)19-15-10-7-11-16(12-15)20-18(23)17(21(2)26(3,24)25)14-8-5-4-6-9-14/h4-12,17H,1-3H3,(H,19,22)(H,20,23). The monoisotopic (exact) mass is 375 g/mol. The van der Waals surface area contributed by atoms with Gasteiger partial charge in [0, 0.05) is 25.3 Å². The van der Waals surface area contributed by atoms with Gasteiger partial charge in [0.25, 0.3) is 0 Å². The summed E-state index contributed by atoms with van der Waals surface area (Å²) in [5, 5.41) is 5.34. The van der Waals surface area contributed by atoms with Gasteiger partial charge < -0.3 is 10.6 Å². The molecule has 1 unspecified atom stereocenters. The van der Waals surface area contributed by atoms with E-state index in [-0.39, 0.29) is 5.91 Å². The maximum atomic E-state index is 12.8. The van der Waals surface area contributed by atoms with Crippen molar-refractivity contribution in [2.24, 2.45) is 0 Å². The molecule has 26 heavy (non-hydrogen) atoms. The molecular weight excluding hydrogens is 354 g/mol. The summed E-state index contributed by atoms with van der Waals surface area (Å²) < 4.78 is 25.0. The lowest BCUT2D eigenvalue weighted by Crippen LogP contribution is -2.38. The molecule has 0 fully saturated rings. The van der Waals surface area contributed by atoms with E-state index in [1.165, 1.54) is 14.0 Å². The highest BCUT2D eigenvalue weighted by Crippen LogP contribution is 2.24. The van der Waals surface area contributed by atoms with Crippen molar-refractivity contribution in [1.82, 2.24) is 4.31 Å². The van der Waals surface area contributed by atoms with E-state index < -0.39 is 22.0 Å². The molecule has 1 atom stereocenters. The van der Waals surface area contributed by atoms with E-state index >= 15 is 0 Å². The maximum absolute atomic E-state index is 12.8. The summed E-state index contributed by atoms with van der Waals surface area (Å²) >= 11 is 0. The largest absolute Gasteiger partial charge is 0.326 e. The summed E-state index contributed by atoms with van der Waals surface area (Å²) in [4.78, 5) is 24.0. The first-order valence-corrected chi connectivity index (χ1v) is 9.70. The molecule has 0 saturated heterocycles. The van der Waals surface area contributed by atoms with Crippen molar-refractivity contribution in [1.29, 1.82) is 0 Å². The van der Waals surface area contributed by atoms with Crippen molar-refractivity contribution in [3.8, 4) is 0 Å². The predicted octanol–water partition coefficient (Wildman–Crippen LogP) is 2.22. The first-order valence-electron chi connectivity index (χ1n) is 7.85. The SMILES string of the molecule is CC(=O)Nc1cccc(NC(=O)C(c2ccccc2)N(C)S(C)(=O)=O)c1. The molecule has 0 aliphatic carbocycles. The van der Waals surface area contributed by atoms with Crippen LogP contribution in [-0.4, -0.2) is 37.8 Å². The molecule has 0 bridgehead atoms. The van der Waals surface area contributed by atoms with Crippen LogP contribution in [0, 0.1) is 0 Å². The van der Waals surface area contributed by atoms with Crippen LogP contribution in [0.25, 0.3) is 0 Å². The molecule has 0 aliphatic rings. The maximum Gasteiger partial charge on any atom is 0.247 e. The number of anilines is 2. The summed E-state index contributed by atoms with van der Waals surface area (Å²) in [6.07, 6.45) is 1.05. The Bertz CT molecular complexity index is 898. The van der Waals surface area contributed by atoms with E-state index in [0.717, 1.165) is 10.6 Å². The summed E-state index contributed by atoms with van der Waals surface area (Å²) in [5.74, 6) is -0.725. The molecule has 0 aliphatic heterocycles.